The van der Waals surface area contributed by atoms with Crippen LogP contribution in [0.5, 0.6) is 0 Å². The van der Waals surface area contributed by atoms with Gasteiger partial charge in [0.15, 0.2) is 0 Å². The Hall–Kier alpha value is -0.900. The molecule has 0 radical (unpaired) electrons. The van der Waals surface area contributed by atoms with E-state index in [-0.39, 0.29) is 0 Å². The summed E-state index contributed by atoms with van der Waals surface area (Å²) in [5.74, 6) is 6.42. The molecule has 1 unspecified atom stereocenters. The second-order valence-corrected chi connectivity index (χ2v) is 5.48. The standard InChI is InChI=1S/C13H16N2S/c14-15-12(9-5-6-9)7-10-8-16-13-4-2-1-3-11(10)13/h1-4,8-9,12,15H,5-7,14H2. The van der Waals surface area contributed by atoms with Gasteiger partial charge in [0.2, 0.25) is 0 Å². The number of hydrazine groups is 1. The van der Waals surface area contributed by atoms with Crippen molar-refractivity contribution in [3.8, 4) is 0 Å². The Balaban J connectivity index is 1.87. The van der Waals surface area contributed by atoms with Crippen molar-refractivity contribution in [2.75, 3.05) is 0 Å². The van der Waals surface area contributed by atoms with E-state index in [9.17, 15) is 0 Å². The van der Waals surface area contributed by atoms with Crippen LogP contribution in [-0.2, 0) is 6.42 Å². The van der Waals surface area contributed by atoms with E-state index in [1.807, 2.05) is 11.3 Å². The highest BCUT2D eigenvalue weighted by Gasteiger charge is 2.30. The lowest BCUT2D eigenvalue weighted by Gasteiger charge is -2.14. The first-order valence-electron chi connectivity index (χ1n) is 5.79. The number of rotatable bonds is 4. The van der Waals surface area contributed by atoms with E-state index in [2.05, 4.69) is 35.1 Å². The average molecular weight is 232 g/mol. The van der Waals surface area contributed by atoms with E-state index in [1.54, 1.807) is 0 Å². The van der Waals surface area contributed by atoms with Crippen LogP contribution in [0.2, 0.25) is 0 Å². The Morgan fingerprint density at radius 2 is 2.19 bits per heavy atom. The minimum Gasteiger partial charge on any atom is -0.271 e. The molecule has 16 heavy (non-hydrogen) atoms. The van der Waals surface area contributed by atoms with E-state index in [0.717, 1.165) is 12.3 Å². The molecule has 1 aliphatic rings. The topological polar surface area (TPSA) is 38.0 Å². The third-order valence-corrected chi connectivity index (χ3v) is 4.42. The molecule has 1 fully saturated rings. The van der Waals surface area contributed by atoms with Crippen molar-refractivity contribution in [2.45, 2.75) is 25.3 Å². The van der Waals surface area contributed by atoms with Crippen molar-refractivity contribution >= 4 is 21.4 Å². The first-order chi connectivity index (χ1) is 7.88. The molecule has 1 aromatic heterocycles. The summed E-state index contributed by atoms with van der Waals surface area (Å²) in [5, 5.41) is 3.67. The largest absolute Gasteiger partial charge is 0.271 e. The highest BCUT2D eigenvalue weighted by atomic mass is 32.1. The minimum absolute atomic E-state index is 0.456. The monoisotopic (exact) mass is 232 g/mol. The molecule has 3 N–H and O–H groups in total. The molecule has 0 bridgehead atoms. The summed E-state index contributed by atoms with van der Waals surface area (Å²) < 4.78 is 1.38. The second kappa shape index (κ2) is 4.17. The Bertz CT molecular complexity index is 487. The minimum atomic E-state index is 0.456. The van der Waals surface area contributed by atoms with E-state index in [4.69, 9.17) is 5.84 Å². The van der Waals surface area contributed by atoms with E-state index < -0.39 is 0 Å². The van der Waals surface area contributed by atoms with Gasteiger partial charge in [-0.25, -0.2) is 0 Å². The Kier molecular flexibility index (Phi) is 2.67. The first-order valence-corrected chi connectivity index (χ1v) is 6.67. The van der Waals surface area contributed by atoms with Crippen LogP contribution in [-0.4, -0.2) is 6.04 Å². The SMILES string of the molecule is NNC(Cc1csc2ccccc12)C1CC1. The van der Waals surface area contributed by atoms with Crippen LogP contribution < -0.4 is 11.3 Å². The number of fused-ring (bicyclic) bond motifs is 1. The predicted molar refractivity (Wildman–Crippen MR) is 69.4 cm³/mol. The predicted octanol–water partition coefficient (Wildman–Crippen LogP) is 2.69. The lowest BCUT2D eigenvalue weighted by Crippen LogP contribution is -2.38. The van der Waals surface area contributed by atoms with E-state index in [0.29, 0.717) is 6.04 Å². The molecule has 0 spiro atoms. The summed E-state index contributed by atoms with van der Waals surface area (Å²) in [7, 11) is 0. The Morgan fingerprint density at radius 3 is 2.94 bits per heavy atom. The maximum Gasteiger partial charge on any atom is 0.0345 e. The summed E-state index contributed by atoms with van der Waals surface area (Å²) in [4.78, 5) is 0. The van der Waals surface area contributed by atoms with Gasteiger partial charge in [0, 0.05) is 10.7 Å². The number of hydrogen-bond donors (Lipinski definition) is 2. The Labute approximate surface area is 99.4 Å². The fourth-order valence-corrected chi connectivity index (χ4v) is 3.26. The quantitative estimate of drug-likeness (QED) is 0.628. The van der Waals surface area contributed by atoms with Gasteiger partial charge in [-0.2, -0.15) is 0 Å². The van der Waals surface area contributed by atoms with E-state index >= 15 is 0 Å². The number of benzene rings is 1. The molecule has 1 atom stereocenters. The summed E-state index contributed by atoms with van der Waals surface area (Å²) in [6.45, 7) is 0. The fourth-order valence-electron chi connectivity index (χ4n) is 2.29. The van der Waals surface area contributed by atoms with Gasteiger partial charge in [-0.1, -0.05) is 18.2 Å². The maximum absolute atomic E-state index is 5.63. The third kappa shape index (κ3) is 1.86. The molecule has 0 amide bonds. The molecule has 0 saturated heterocycles. The van der Waals surface area contributed by atoms with Crippen LogP contribution in [0.3, 0.4) is 0 Å². The van der Waals surface area contributed by atoms with Crippen molar-refractivity contribution in [1.82, 2.24) is 5.43 Å². The normalized spacial score (nSPS) is 17.8. The van der Waals surface area contributed by atoms with Crippen molar-refractivity contribution in [2.24, 2.45) is 11.8 Å². The number of nitrogens with two attached hydrogens (primary N) is 1. The zero-order valence-corrected chi connectivity index (χ0v) is 9.96. The lowest BCUT2D eigenvalue weighted by atomic mass is 10.0. The van der Waals surface area contributed by atoms with E-state index in [1.165, 1.54) is 28.5 Å². The van der Waals surface area contributed by atoms with Gasteiger partial charge in [0.25, 0.3) is 0 Å². The van der Waals surface area contributed by atoms with Gasteiger partial charge < -0.3 is 0 Å². The first kappa shape index (κ1) is 10.3. The average Bonchev–Trinajstić information content (AvgIpc) is 3.08. The molecule has 1 aliphatic carbocycles. The zero-order chi connectivity index (χ0) is 11.0. The van der Waals surface area contributed by atoms with Crippen LogP contribution in [0, 0.1) is 5.92 Å². The number of nitrogens with one attached hydrogen (secondary N) is 1. The number of thiophene rings is 1. The molecule has 3 rings (SSSR count). The van der Waals surface area contributed by atoms with Crippen molar-refractivity contribution < 1.29 is 0 Å². The van der Waals surface area contributed by atoms with Gasteiger partial charge in [-0.15, -0.1) is 11.3 Å². The zero-order valence-electron chi connectivity index (χ0n) is 9.15. The summed E-state index contributed by atoms with van der Waals surface area (Å²) in [6.07, 6.45) is 3.72. The van der Waals surface area contributed by atoms with Crippen LogP contribution in [0.15, 0.2) is 29.6 Å². The molecule has 2 nitrogen and oxygen atoms in total. The van der Waals surface area contributed by atoms with Gasteiger partial charge in [0.1, 0.15) is 0 Å². The summed E-state index contributed by atoms with van der Waals surface area (Å²) in [6, 6.07) is 9.06. The van der Waals surface area contributed by atoms with Gasteiger partial charge in [-0.05, 0) is 47.6 Å². The van der Waals surface area contributed by atoms with Crippen molar-refractivity contribution in [1.29, 1.82) is 0 Å². The molecular weight excluding hydrogens is 216 g/mol. The molecule has 2 aromatic rings. The molecule has 1 heterocycles. The maximum atomic E-state index is 5.63. The van der Waals surface area contributed by atoms with Crippen LogP contribution in [0.1, 0.15) is 18.4 Å². The van der Waals surface area contributed by atoms with Gasteiger partial charge >= 0.3 is 0 Å². The molecule has 84 valence electrons. The Morgan fingerprint density at radius 1 is 1.38 bits per heavy atom. The highest BCUT2D eigenvalue weighted by Crippen LogP contribution is 2.35. The highest BCUT2D eigenvalue weighted by molar-refractivity contribution is 7.17. The molecule has 1 aromatic carbocycles. The smallest absolute Gasteiger partial charge is 0.0345 e. The van der Waals surface area contributed by atoms with Crippen LogP contribution >= 0.6 is 11.3 Å². The van der Waals surface area contributed by atoms with Gasteiger partial charge in [-0.3, -0.25) is 11.3 Å². The summed E-state index contributed by atoms with van der Waals surface area (Å²) >= 11 is 1.83. The summed E-state index contributed by atoms with van der Waals surface area (Å²) in [5.41, 5.74) is 4.41. The number of hydrogen-bond acceptors (Lipinski definition) is 3. The molecule has 1 saturated carbocycles. The van der Waals surface area contributed by atoms with Crippen LogP contribution in [0.25, 0.3) is 10.1 Å². The van der Waals surface area contributed by atoms with Gasteiger partial charge in [0.05, 0.1) is 0 Å². The third-order valence-electron chi connectivity index (χ3n) is 3.41. The van der Waals surface area contributed by atoms with Crippen molar-refractivity contribution in [3.63, 3.8) is 0 Å². The molecule has 0 aliphatic heterocycles. The second-order valence-electron chi connectivity index (χ2n) is 4.57. The lowest BCUT2D eigenvalue weighted by molar-refractivity contribution is 0.474. The molecule has 3 heteroatoms. The van der Waals surface area contributed by atoms with Crippen LogP contribution in [0.4, 0.5) is 0 Å². The van der Waals surface area contributed by atoms with Crippen molar-refractivity contribution in [3.05, 3.63) is 35.2 Å². The fraction of sp³-hybridized carbons (Fsp3) is 0.385. The molecular formula is C13H16N2S.